The normalized spacial score (nSPS) is 26.0. The Hall–Kier alpha value is -0.460. The summed E-state index contributed by atoms with van der Waals surface area (Å²) in [6.45, 7) is 14.8. The number of hydrogen-bond acceptors (Lipinski definition) is 3. The Labute approximate surface area is 144 Å². The van der Waals surface area contributed by atoms with Crippen LogP contribution < -0.4 is 4.72 Å². The van der Waals surface area contributed by atoms with E-state index in [2.05, 4.69) is 32.4 Å². The van der Waals surface area contributed by atoms with Crippen molar-refractivity contribution in [1.29, 1.82) is 0 Å². The van der Waals surface area contributed by atoms with E-state index in [4.69, 9.17) is 0 Å². The minimum atomic E-state index is -1.10. The highest BCUT2D eigenvalue weighted by atomic mass is 32.2. The van der Waals surface area contributed by atoms with Gasteiger partial charge in [0.1, 0.15) is 4.75 Å². The van der Waals surface area contributed by atoms with Gasteiger partial charge in [-0.3, -0.25) is 0 Å². The van der Waals surface area contributed by atoms with Gasteiger partial charge < -0.3 is 14.6 Å². The monoisotopic (exact) mass is 346 g/mol. The Morgan fingerprint density at radius 3 is 2.30 bits per heavy atom. The number of amides is 1. The van der Waals surface area contributed by atoms with Crippen molar-refractivity contribution in [3.63, 3.8) is 0 Å². The molecule has 0 aliphatic carbocycles. The third kappa shape index (κ3) is 5.54. The summed E-state index contributed by atoms with van der Waals surface area (Å²) >= 11 is -1.10. The van der Waals surface area contributed by atoms with Crippen LogP contribution in [0, 0.1) is 11.3 Å². The van der Waals surface area contributed by atoms with Crippen molar-refractivity contribution in [3.05, 3.63) is 0 Å². The van der Waals surface area contributed by atoms with E-state index in [-0.39, 0.29) is 22.2 Å². The van der Waals surface area contributed by atoms with Crippen molar-refractivity contribution in [3.8, 4) is 0 Å². The molecule has 23 heavy (non-hydrogen) atoms. The summed E-state index contributed by atoms with van der Waals surface area (Å²) in [4.78, 5) is 13.1. The number of rotatable bonds is 4. The van der Waals surface area contributed by atoms with Crippen molar-refractivity contribution < 1.29 is 14.5 Å². The van der Waals surface area contributed by atoms with Crippen LogP contribution in [0.25, 0.3) is 0 Å². The first-order chi connectivity index (χ1) is 10.4. The molecule has 1 amide bonds. The first-order valence-electron chi connectivity index (χ1n) is 8.55. The molecule has 0 aromatic rings. The molecule has 6 heteroatoms. The fourth-order valence-corrected chi connectivity index (χ4v) is 4.22. The van der Waals surface area contributed by atoms with Gasteiger partial charge in [-0.2, -0.15) is 0 Å². The molecular weight excluding hydrogens is 312 g/mol. The second-order valence-electron chi connectivity index (χ2n) is 8.66. The van der Waals surface area contributed by atoms with E-state index in [1.54, 1.807) is 4.90 Å². The number of likely N-dealkylation sites (tertiary alicyclic amines) is 1. The largest absolute Gasteiger partial charge is 0.598 e. The van der Waals surface area contributed by atoms with Crippen LogP contribution in [0.2, 0.25) is 0 Å². The lowest BCUT2D eigenvalue weighted by Crippen LogP contribution is -2.55. The van der Waals surface area contributed by atoms with Gasteiger partial charge in [-0.05, 0) is 51.4 Å². The van der Waals surface area contributed by atoms with Crippen LogP contribution in [0.15, 0.2) is 0 Å². The number of carboxylic acid groups (broad SMARTS) is 1. The zero-order valence-electron chi connectivity index (χ0n) is 15.7. The van der Waals surface area contributed by atoms with Crippen LogP contribution in [-0.4, -0.2) is 44.0 Å². The lowest BCUT2D eigenvalue weighted by molar-refractivity contribution is 0.0340. The average molecular weight is 347 g/mol. The van der Waals surface area contributed by atoms with Gasteiger partial charge in [0.25, 0.3) is 0 Å². The van der Waals surface area contributed by atoms with Gasteiger partial charge in [0.05, 0.1) is 6.04 Å². The van der Waals surface area contributed by atoms with E-state index >= 15 is 0 Å². The molecule has 1 saturated heterocycles. The molecule has 4 atom stereocenters. The van der Waals surface area contributed by atoms with Crippen LogP contribution >= 0.6 is 0 Å². The zero-order valence-corrected chi connectivity index (χ0v) is 16.5. The average Bonchev–Trinajstić information content (AvgIpc) is 2.41. The van der Waals surface area contributed by atoms with Crippen molar-refractivity contribution >= 4 is 17.5 Å². The summed E-state index contributed by atoms with van der Waals surface area (Å²) in [6, 6.07) is 0.161. The van der Waals surface area contributed by atoms with Crippen molar-refractivity contribution in [1.82, 2.24) is 9.62 Å². The van der Waals surface area contributed by atoms with E-state index in [1.165, 1.54) is 0 Å². The topological polar surface area (TPSA) is 75.6 Å². The van der Waals surface area contributed by atoms with Crippen molar-refractivity contribution in [2.24, 2.45) is 11.3 Å². The number of nitrogens with one attached hydrogen (secondary N) is 1. The molecule has 0 radical (unpaired) electrons. The number of hydrogen-bond donors (Lipinski definition) is 2. The predicted molar refractivity (Wildman–Crippen MR) is 95.8 cm³/mol. The van der Waals surface area contributed by atoms with Gasteiger partial charge in [-0.15, -0.1) is 4.72 Å². The summed E-state index contributed by atoms with van der Waals surface area (Å²) in [7, 11) is 0. The van der Waals surface area contributed by atoms with Crippen LogP contribution in [-0.2, 0) is 11.4 Å². The molecule has 2 N–H and O–H groups in total. The second kappa shape index (κ2) is 7.62. The second-order valence-corrected chi connectivity index (χ2v) is 10.7. The molecular formula is C17H34N2O3S. The summed E-state index contributed by atoms with van der Waals surface area (Å²) in [5.74, 6) is 0.353. The molecule has 1 heterocycles. The van der Waals surface area contributed by atoms with Gasteiger partial charge >= 0.3 is 6.09 Å². The van der Waals surface area contributed by atoms with Crippen LogP contribution in [0.5, 0.6) is 0 Å². The summed E-state index contributed by atoms with van der Waals surface area (Å²) in [5, 5.41) is 9.47. The minimum Gasteiger partial charge on any atom is -0.598 e. The summed E-state index contributed by atoms with van der Waals surface area (Å²) < 4.78 is 15.4. The molecule has 0 saturated carbocycles. The Balaban J connectivity index is 2.86. The lowest BCUT2D eigenvalue weighted by Gasteiger charge is -2.46. The highest BCUT2D eigenvalue weighted by Gasteiger charge is 2.42. The Bertz CT molecular complexity index is 404. The standard InChI is InChI=1S/C17H34N2O3S/c1-8-13(18-23(22)17(5,6)7)12-9-10-19(15(20)21)14(11-12)16(2,3)4/h12-14,18H,8-11H2,1-7H3,(H,20,21)/t12?,13-,14?,23+/m0/s1. The molecule has 5 nitrogen and oxygen atoms in total. The fourth-order valence-electron chi connectivity index (χ4n) is 3.24. The molecule has 1 fully saturated rings. The van der Waals surface area contributed by atoms with Gasteiger partial charge in [0.2, 0.25) is 0 Å². The van der Waals surface area contributed by atoms with Gasteiger partial charge in [0, 0.05) is 23.9 Å². The van der Waals surface area contributed by atoms with E-state index in [9.17, 15) is 14.5 Å². The minimum absolute atomic E-state index is 0.00216. The molecule has 0 aromatic carbocycles. The first kappa shape index (κ1) is 20.6. The zero-order chi connectivity index (χ0) is 18.0. The van der Waals surface area contributed by atoms with E-state index in [1.807, 2.05) is 20.8 Å². The molecule has 1 aliphatic heterocycles. The third-order valence-corrected chi connectivity index (χ3v) is 6.34. The fraction of sp³-hybridized carbons (Fsp3) is 0.941. The molecule has 136 valence electrons. The third-order valence-electron chi connectivity index (χ3n) is 4.71. The molecule has 1 aliphatic rings. The van der Waals surface area contributed by atoms with Crippen molar-refractivity contribution in [2.45, 2.75) is 84.6 Å². The summed E-state index contributed by atoms with van der Waals surface area (Å²) in [6.07, 6.45) is 1.72. The highest BCUT2D eigenvalue weighted by Crippen LogP contribution is 2.36. The molecule has 1 rings (SSSR count). The van der Waals surface area contributed by atoms with Crippen LogP contribution in [0.1, 0.15) is 67.7 Å². The Kier molecular flexibility index (Phi) is 6.82. The maximum Gasteiger partial charge on any atom is 0.407 e. The van der Waals surface area contributed by atoms with Crippen molar-refractivity contribution in [2.75, 3.05) is 6.54 Å². The molecule has 0 spiro atoms. The first-order valence-corrected chi connectivity index (χ1v) is 9.70. The van der Waals surface area contributed by atoms with Gasteiger partial charge in [0.15, 0.2) is 0 Å². The Morgan fingerprint density at radius 1 is 1.35 bits per heavy atom. The van der Waals surface area contributed by atoms with E-state index < -0.39 is 17.5 Å². The lowest BCUT2D eigenvalue weighted by atomic mass is 9.75. The van der Waals surface area contributed by atoms with E-state index in [0.29, 0.717) is 12.5 Å². The predicted octanol–water partition coefficient (Wildman–Crippen LogP) is 3.62. The quantitative estimate of drug-likeness (QED) is 0.762. The van der Waals surface area contributed by atoms with Gasteiger partial charge in [-0.25, -0.2) is 4.79 Å². The molecule has 0 bridgehead atoms. The smallest absolute Gasteiger partial charge is 0.407 e. The van der Waals surface area contributed by atoms with E-state index in [0.717, 1.165) is 19.3 Å². The maximum atomic E-state index is 12.4. The maximum absolute atomic E-state index is 12.4. The Morgan fingerprint density at radius 2 is 1.91 bits per heavy atom. The molecule has 2 unspecified atom stereocenters. The number of carbonyl (C=O) groups is 1. The number of nitrogens with zero attached hydrogens (tertiary/aromatic N) is 1. The van der Waals surface area contributed by atoms with Crippen LogP contribution in [0.4, 0.5) is 4.79 Å². The highest BCUT2D eigenvalue weighted by molar-refractivity contribution is 7.90. The SMILES string of the molecule is CC[C@H](N[S@+]([O-])C(C)(C)C)C1CCN(C(=O)O)C(C(C)(C)C)C1. The number of piperidine rings is 1. The van der Waals surface area contributed by atoms with Gasteiger partial charge in [-0.1, -0.05) is 27.7 Å². The van der Waals surface area contributed by atoms with Crippen LogP contribution in [0.3, 0.4) is 0 Å². The summed E-state index contributed by atoms with van der Waals surface area (Å²) in [5.41, 5.74) is -0.0987. The molecule has 0 aromatic heterocycles.